The summed E-state index contributed by atoms with van der Waals surface area (Å²) in [5.41, 5.74) is -0.415. The molecule has 0 aromatic rings. The Morgan fingerprint density at radius 1 is 1.18 bits per heavy atom. The van der Waals surface area contributed by atoms with Crippen molar-refractivity contribution in [2.45, 2.75) is 89.2 Å². The molecule has 22 heavy (non-hydrogen) atoms. The fourth-order valence-electron chi connectivity index (χ4n) is 3.89. The summed E-state index contributed by atoms with van der Waals surface area (Å²) in [6, 6.07) is 1.03. The van der Waals surface area contributed by atoms with Gasteiger partial charge in [-0.25, -0.2) is 4.79 Å². The van der Waals surface area contributed by atoms with E-state index >= 15 is 0 Å². The molecule has 5 nitrogen and oxygen atoms in total. The zero-order chi connectivity index (χ0) is 15.7. The molecular weight excluding hydrogens is 280 g/mol. The molecule has 0 aliphatic carbocycles. The van der Waals surface area contributed by atoms with Gasteiger partial charge in [0.15, 0.2) is 0 Å². The second kappa shape index (κ2) is 6.36. The summed E-state index contributed by atoms with van der Waals surface area (Å²) >= 11 is 0. The van der Waals surface area contributed by atoms with E-state index in [9.17, 15) is 4.79 Å². The number of nitrogens with zero attached hydrogens (tertiary/aromatic N) is 1. The van der Waals surface area contributed by atoms with Crippen LogP contribution in [0.2, 0.25) is 0 Å². The largest absolute Gasteiger partial charge is 0.444 e. The van der Waals surface area contributed by atoms with Gasteiger partial charge in [0, 0.05) is 25.2 Å². The molecule has 0 radical (unpaired) electrons. The Hall–Kier alpha value is -0.810. The number of carbonyl (C=O) groups excluding carboxylic acids is 1. The van der Waals surface area contributed by atoms with Crippen molar-refractivity contribution in [1.29, 1.82) is 0 Å². The molecule has 5 heteroatoms. The number of fused-ring (bicyclic) bond motifs is 2. The van der Waals surface area contributed by atoms with Crippen LogP contribution in [0.3, 0.4) is 0 Å². The first kappa shape index (κ1) is 16.1. The number of hydrogen-bond acceptors (Lipinski definition) is 4. The van der Waals surface area contributed by atoms with Gasteiger partial charge in [0.25, 0.3) is 0 Å². The lowest BCUT2D eigenvalue weighted by atomic mass is 9.94. The van der Waals surface area contributed by atoms with Gasteiger partial charge in [-0.15, -0.1) is 0 Å². The van der Waals surface area contributed by atoms with Crippen molar-refractivity contribution in [2.24, 2.45) is 0 Å². The Kier molecular flexibility index (Phi) is 4.64. The molecule has 3 aliphatic rings. The van der Waals surface area contributed by atoms with Crippen LogP contribution in [-0.4, -0.2) is 54.0 Å². The molecule has 3 rings (SSSR count). The average Bonchev–Trinajstić information content (AvgIpc) is 2.94. The second-order valence-corrected chi connectivity index (χ2v) is 7.98. The summed E-state index contributed by atoms with van der Waals surface area (Å²) in [6.07, 6.45) is 7.53. The van der Waals surface area contributed by atoms with Gasteiger partial charge < -0.3 is 19.7 Å². The van der Waals surface area contributed by atoms with E-state index in [2.05, 4.69) is 5.32 Å². The standard InChI is InChI=1S/C17H30N2O3/c1-17(2,3)22-16(20)19-9-4-5-12(8-10-19)18-14-11-13-6-7-15(14)21-13/h12-15,18H,4-11H2,1-3H3/t12-,13+,14-,15+/m0/s1. The molecule has 0 unspecified atom stereocenters. The molecule has 2 bridgehead atoms. The minimum Gasteiger partial charge on any atom is -0.444 e. The number of rotatable bonds is 2. The van der Waals surface area contributed by atoms with Gasteiger partial charge in [-0.3, -0.25) is 0 Å². The third-order valence-corrected chi connectivity index (χ3v) is 4.94. The minimum atomic E-state index is -0.415. The van der Waals surface area contributed by atoms with Crippen LogP contribution < -0.4 is 5.32 Å². The van der Waals surface area contributed by atoms with Crippen molar-refractivity contribution in [2.75, 3.05) is 13.1 Å². The zero-order valence-corrected chi connectivity index (χ0v) is 14.1. The predicted molar refractivity (Wildman–Crippen MR) is 84.9 cm³/mol. The Bertz CT molecular complexity index is 407. The molecule has 126 valence electrons. The summed E-state index contributed by atoms with van der Waals surface area (Å²) in [4.78, 5) is 14.1. The summed E-state index contributed by atoms with van der Waals surface area (Å²) < 4.78 is 11.4. The van der Waals surface area contributed by atoms with Crippen molar-refractivity contribution >= 4 is 6.09 Å². The third-order valence-electron chi connectivity index (χ3n) is 4.94. The number of nitrogens with one attached hydrogen (secondary N) is 1. The molecule has 3 heterocycles. The highest BCUT2D eigenvalue weighted by atomic mass is 16.6. The summed E-state index contributed by atoms with van der Waals surface area (Å²) in [6.45, 7) is 7.35. The van der Waals surface area contributed by atoms with E-state index in [1.165, 1.54) is 12.8 Å². The van der Waals surface area contributed by atoms with Gasteiger partial charge in [0.2, 0.25) is 0 Å². The van der Waals surface area contributed by atoms with E-state index in [0.29, 0.717) is 24.3 Å². The van der Waals surface area contributed by atoms with Gasteiger partial charge in [0.1, 0.15) is 5.60 Å². The van der Waals surface area contributed by atoms with E-state index in [0.717, 1.165) is 38.8 Å². The van der Waals surface area contributed by atoms with Gasteiger partial charge in [-0.1, -0.05) is 0 Å². The molecule has 4 atom stereocenters. The molecule has 3 fully saturated rings. The Balaban J connectivity index is 1.47. The maximum Gasteiger partial charge on any atom is 0.410 e. The van der Waals surface area contributed by atoms with Crippen LogP contribution >= 0.6 is 0 Å². The number of likely N-dealkylation sites (tertiary alicyclic amines) is 1. The molecule has 1 amide bonds. The van der Waals surface area contributed by atoms with Crippen molar-refractivity contribution in [3.63, 3.8) is 0 Å². The van der Waals surface area contributed by atoms with Gasteiger partial charge in [0.05, 0.1) is 12.2 Å². The van der Waals surface area contributed by atoms with Crippen LogP contribution in [-0.2, 0) is 9.47 Å². The van der Waals surface area contributed by atoms with E-state index in [-0.39, 0.29) is 6.09 Å². The normalized spacial score (nSPS) is 35.5. The van der Waals surface area contributed by atoms with Crippen LogP contribution in [0.25, 0.3) is 0 Å². The van der Waals surface area contributed by atoms with E-state index in [4.69, 9.17) is 9.47 Å². The Morgan fingerprint density at radius 2 is 2.00 bits per heavy atom. The molecule has 0 saturated carbocycles. The lowest BCUT2D eigenvalue weighted by Crippen LogP contribution is -2.44. The van der Waals surface area contributed by atoms with Crippen LogP contribution in [0.15, 0.2) is 0 Å². The van der Waals surface area contributed by atoms with Crippen molar-refractivity contribution in [1.82, 2.24) is 10.2 Å². The highest BCUT2D eigenvalue weighted by Crippen LogP contribution is 2.35. The van der Waals surface area contributed by atoms with Gasteiger partial charge >= 0.3 is 6.09 Å². The predicted octanol–water partition coefficient (Wildman–Crippen LogP) is 2.69. The summed E-state index contributed by atoms with van der Waals surface area (Å²) in [5, 5.41) is 3.79. The topological polar surface area (TPSA) is 50.8 Å². The molecular formula is C17H30N2O3. The van der Waals surface area contributed by atoms with Crippen LogP contribution in [0.4, 0.5) is 4.79 Å². The summed E-state index contributed by atoms with van der Waals surface area (Å²) in [7, 11) is 0. The highest BCUT2D eigenvalue weighted by Gasteiger charge is 2.41. The number of carbonyl (C=O) groups is 1. The average molecular weight is 310 g/mol. The number of hydrogen-bond donors (Lipinski definition) is 1. The maximum absolute atomic E-state index is 12.2. The maximum atomic E-state index is 12.2. The molecule has 3 aliphatic heterocycles. The zero-order valence-electron chi connectivity index (χ0n) is 14.1. The van der Waals surface area contributed by atoms with E-state index in [1.807, 2.05) is 25.7 Å². The first-order valence-corrected chi connectivity index (χ1v) is 8.80. The second-order valence-electron chi connectivity index (χ2n) is 7.98. The minimum absolute atomic E-state index is 0.170. The van der Waals surface area contributed by atoms with E-state index < -0.39 is 5.60 Å². The monoisotopic (exact) mass is 310 g/mol. The van der Waals surface area contributed by atoms with Crippen molar-refractivity contribution in [3.05, 3.63) is 0 Å². The Labute approximate surface area is 133 Å². The van der Waals surface area contributed by atoms with E-state index in [1.54, 1.807) is 0 Å². The van der Waals surface area contributed by atoms with Gasteiger partial charge in [-0.05, 0) is 59.3 Å². The van der Waals surface area contributed by atoms with Gasteiger partial charge in [-0.2, -0.15) is 0 Å². The number of ether oxygens (including phenoxy) is 2. The lowest BCUT2D eigenvalue weighted by molar-refractivity contribution is 0.0255. The smallest absolute Gasteiger partial charge is 0.410 e. The quantitative estimate of drug-likeness (QED) is 0.852. The third kappa shape index (κ3) is 3.93. The molecule has 1 N–H and O–H groups in total. The Morgan fingerprint density at radius 3 is 2.64 bits per heavy atom. The fourth-order valence-corrected chi connectivity index (χ4v) is 3.89. The molecule has 3 saturated heterocycles. The van der Waals surface area contributed by atoms with Crippen molar-refractivity contribution < 1.29 is 14.3 Å². The van der Waals surface area contributed by atoms with Crippen molar-refractivity contribution in [3.8, 4) is 0 Å². The molecule has 0 aromatic heterocycles. The lowest BCUT2D eigenvalue weighted by Gasteiger charge is -2.27. The summed E-state index contributed by atoms with van der Waals surface area (Å²) in [5.74, 6) is 0. The highest BCUT2D eigenvalue weighted by molar-refractivity contribution is 5.68. The molecule has 0 aromatic carbocycles. The van der Waals surface area contributed by atoms with Crippen LogP contribution in [0.1, 0.15) is 59.3 Å². The fraction of sp³-hybridized carbons (Fsp3) is 0.941. The number of amides is 1. The SMILES string of the molecule is CC(C)(C)OC(=O)N1CCC[C@H](N[C@H]2C[C@H]3CC[C@H]2O3)CC1. The van der Waals surface area contributed by atoms with Crippen LogP contribution in [0, 0.1) is 0 Å². The molecule has 0 spiro atoms. The first-order valence-electron chi connectivity index (χ1n) is 8.80. The first-order chi connectivity index (χ1) is 10.4. The van der Waals surface area contributed by atoms with Crippen LogP contribution in [0.5, 0.6) is 0 Å².